The van der Waals surface area contributed by atoms with Gasteiger partial charge in [-0.3, -0.25) is 0 Å². The van der Waals surface area contributed by atoms with Gasteiger partial charge in [-0.05, 0) is 45.7 Å². The molecule has 1 saturated heterocycles. The van der Waals surface area contributed by atoms with E-state index in [4.69, 9.17) is 14.2 Å². The highest BCUT2D eigenvalue weighted by atomic mass is 16.7. The maximum atomic E-state index is 12.2. The Balaban J connectivity index is 1.93. The van der Waals surface area contributed by atoms with Crippen molar-refractivity contribution in [1.82, 2.24) is 0 Å². The summed E-state index contributed by atoms with van der Waals surface area (Å²) in [7, 11) is 0. The van der Waals surface area contributed by atoms with Crippen LogP contribution in [-0.4, -0.2) is 41.3 Å². The second kappa shape index (κ2) is 8.61. The van der Waals surface area contributed by atoms with E-state index < -0.39 is 30.1 Å². The lowest BCUT2D eigenvalue weighted by molar-refractivity contribution is -0.291. The lowest BCUT2D eigenvalue weighted by Crippen LogP contribution is -2.51. The standard InChI is InChI=1S/C20H28O5/c1-5-6-12-20(3,4)25-19-16(21)13-17(14(2)23-19)24-18(22)15-10-8-7-9-11-15/h5,7-11,14,16-17,19,21H,1,6,12-13H2,2-4H3/t14-,16+,17+,19-/m0/s1. The number of carbonyl (C=O) groups is 1. The van der Waals surface area contributed by atoms with Crippen LogP contribution in [0.1, 0.15) is 50.4 Å². The van der Waals surface area contributed by atoms with Crippen molar-refractivity contribution in [3.63, 3.8) is 0 Å². The molecular weight excluding hydrogens is 320 g/mol. The molecule has 1 aromatic carbocycles. The van der Waals surface area contributed by atoms with Crippen molar-refractivity contribution in [2.24, 2.45) is 0 Å². The van der Waals surface area contributed by atoms with Crippen molar-refractivity contribution in [3.8, 4) is 0 Å². The number of allylic oxidation sites excluding steroid dienone is 1. The molecule has 138 valence electrons. The van der Waals surface area contributed by atoms with E-state index in [2.05, 4.69) is 6.58 Å². The summed E-state index contributed by atoms with van der Waals surface area (Å²) in [6.07, 6.45) is 1.25. The molecule has 4 atom stereocenters. The van der Waals surface area contributed by atoms with E-state index in [1.54, 1.807) is 24.3 Å². The van der Waals surface area contributed by atoms with Gasteiger partial charge >= 0.3 is 5.97 Å². The lowest BCUT2D eigenvalue weighted by atomic mass is 10.0. The number of aliphatic hydroxyl groups is 1. The molecule has 2 rings (SSSR count). The van der Waals surface area contributed by atoms with Crippen molar-refractivity contribution < 1.29 is 24.1 Å². The monoisotopic (exact) mass is 348 g/mol. The van der Waals surface area contributed by atoms with Gasteiger partial charge in [0.15, 0.2) is 6.29 Å². The van der Waals surface area contributed by atoms with Gasteiger partial charge in [-0.1, -0.05) is 24.3 Å². The Bertz CT molecular complexity index is 569. The molecule has 5 nitrogen and oxygen atoms in total. The Morgan fingerprint density at radius 2 is 2.08 bits per heavy atom. The molecule has 0 radical (unpaired) electrons. The fourth-order valence-electron chi connectivity index (χ4n) is 2.78. The Labute approximate surface area is 149 Å². The van der Waals surface area contributed by atoms with E-state index in [0.29, 0.717) is 5.56 Å². The van der Waals surface area contributed by atoms with Gasteiger partial charge in [0.2, 0.25) is 0 Å². The first-order chi connectivity index (χ1) is 11.8. The van der Waals surface area contributed by atoms with Crippen LogP contribution in [-0.2, 0) is 14.2 Å². The number of esters is 1. The molecule has 1 aliphatic rings. The van der Waals surface area contributed by atoms with Crippen LogP contribution in [0.4, 0.5) is 0 Å². The topological polar surface area (TPSA) is 65.0 Å². The molecule has 1 aliphatic heterocycles. The molecule has 25 heavy (non-hydrogen) atoms. The number of ether oxygens (including phenoxy) is 3. The quantitative estimate of drug-likeness (QED) is 0.604. The van der Waals surface area contributed by atoms with E-state index >= 15 is 0 Å². The third-order valence-corrected chi connectivity index (χ3v) is 4.31. The van der Waals surface area contributed by atoms with Crippen LogP contribution >= 0.6 is 0 Å². The highest BCUT2D eigenvalue weighted by molar-refractivity contribution is 5.89. The number of benzene rings is 1. The molecule has 1 N–H and O–H groups in total. The molecule has 0 aliphatic carbocycles. The van der Waals surface area contributed by atoms with Gasteiger partial charge in [0.05, 0.1) is 17.3 Å². The minimum atomic E-state index is -0.854. The van der Waals surface area contributed by atoms with Gasteiger partial charge in [0.25, 0.3) is 0 Å². The summed E-state index contributed by atoms with van der Waals surface area (Å²) in [6.45, 7) is 9.45. The maximum absolute atomic E-state index is 12.2. The van der Waals surface area contributed by atoms with Crippen molar-refractivity contribution in [2.75, 3.05) is 0 Å². The minimum Gasteiger partial charge on any atom is -0.456 e. The van der Waals surface area contributed by atoms with E-state index in [0.717, 1.165) is 12.8 Å². The predicted octanol–water partition coefficient (Wildman–Crippen LogP) is 3.47. The van der Waals surface area contributed by atoms with E-state index in [9.17, 15) is 9.90 Å². The lowest BCUT2D eigenvalue weighted by Gasteiger charge is -2.40. The van der Waals surface area contributed by atoms with Crippen molar-refractivity contribution in [3.05, 3.63) is 48.6 Å². The summed E-state index contributed by atoms with van der Waals surface area (Å²) in [5, 5.41) is 10.4. The zero-order valence-corrected chi connectivity index (χ0v) is 15.2. The molecule has 0 amide bonds. The van der Waals surface area contributed by atoms with Crippen LogP contribution < -0.4 is 0 Å². The summed E-state index contributed by atoms with van der Waals surface area (Å²) in [4.78, 5) is 12.2. The number of hydrogen-bond acceptors (Lipinski definition) is 5. The summed E-state index contributed by atoms with van der Waals surface area (Å²) >= 11 is 0. The van der Waals surface area contributed by atoms with Crippen molar-refractivity contribution >= 4 is 5.97 Å². The van der Waals surface area contributed by atoms with Crippen LogP contribution in [0.2, 0.25) is 0 Å². The molecule has 0 spiro atoms. The number of hydrogen-bond donors (Lipinski definition) is 1. The van der Waals surface area contributed by atoms with Crippen molar-refractivity contribution in [1.29, 1.82) is 0 Å². The van der Waals surface area contributed by atoms with Gasteiger partial charge in [-0.15, -0.1) is 6.58 Å². The maximum Gasteiger partial charge on any atom is 0.338 e. The zero-order valence-electron chi connectivity index (χ0n) is 15.2. The van der Waals surface area contributed by atoms with Crippen LogP contribution in [0.15, 0.2) is 43.0 Å². The first-order valence-corrected chi connectivity index (χ1v) is 8.70. The fourth-order valence-corrected chi connectivity index (χ4v) is 2.78. The van der Waals surface area contributed by atoms with Gasteiger partial charge in [0.1, 0.15) is 12.2 Å². The molecular formula is C20H28O5. The average molecular weight is 348 g/mol. The zero-order chi connectivity index (χ0) is 18.4. The Morgan fingerprint density at radius 1 is 1.40 bits per heavy atom. The van der Waals surface area contributed by atoms with Gasteiger partial charge < -0.3 is 19.3 Å². The second-order valence-electron chi connectivity index (χ2n) is 7.03. The Hall–Kier alpha value is -1.69. The minimum absolute atomic E-state index is 0.280. The predicted molar refractivity (Wildman–Crippen MR) is 95.2 cm³/mol. The Kier molecular flexibility index (Phi) is 6.76. The first-order valence-electron chi connectivity index (χ1n) is 8.70. The second-order valence-corrected chi connectivity index (χ2v) is 7.03. The first kappa shape index (κ1) is 19.6. The number of aliphatic hydroxyl groups excluding tert-OH is 1. The molecule has 0 saturated carbocycles. The van der Waals surface area contributed by atoms with Gasteiger partial charge in [0, 0.05) is 6.42 Å². The van der Waals surface area contributed by atoms with Crippen LogP contribution in [0.5, 0.6) is 0 Å². The number of rotatable bonds is 7. The SMILES string of the molecule is C=CCCC(C)(C)O[C@@H]1O[C@@H](C)[C@H](OC(=O)c2ccccc2)C[C@H]1O. The molecule has 0 aromatic heterocycles. The van der Waals surface area contributed by atoms with Crippen LogP contribution in [0.25, 0.3) is 0 Å². The Morgan fingerprint density at radius 3 is 2.72 bits per heavy atom. The summed E-state index contributed by atoms with van der Waals surface area (Å²) in [5.74, 6) is -0.418. The average Bonchev–Trinajstić information content (AvgIpc) is 2.58. The van der Waals surface area contributed by atoms with Crippen molar-refractivity contribution in [2.45, 2.75) is 70.2 Å². The highest BCUT2D eigenvalue weighted by Crippen LogP contribution is 2.29. The van der Waals surface area contributed by atoms with Gasteiger partial charge in [-0.25, -0.2) is 4.79 Å². The molecule has 1 heterocycles. The molecule has 1 fully saturated rings. The third kappa shape index (κ3) is 5.66. The smallest absolute Gasteiger partial charge is 0.338 e. The molecule has 5 heteroatoms. The van der Waals surface area contributed by atoms with E-state index in [1.165, 1.54) is 0 Å². The summed E-state index contributed by atoms with van der Waals surface area (Å²) < 4.78 is 17.2. The normalized spacial score (nSPS) is 26.9. The summed E-state index contributed by atoms with van der Waals surface area (Å²) in [5.41, 5.74) is 0.0423. The molecule has 0 bridgehead atoms. The largest absolute Gasteiger partial charge is 0.456 e. The van der Waals surface area contributed by atoms with Crippen LogP contribution in [0, 0.1) is 0 Å². The van der Waals surface area contributed by atoms with E-state index in [1.807, 2.05) is 32.9 Å². The molecule has 1 aromatic rings. The molecule has 0 unspecified atom stereocenters. The third-order valence-electron chi connectivity index (χ3n) is 4.31. The van der Waals surface area contributed by atoms with E-state index in [-0.39, 0.29) is 12.5 Å². The fraction of sp³-hybridized carbons (Fsp3) is 0.550. The van der Waals surface area contributed by atoms with Crippen LogP contribution in [0.3, 0.4) is 0 Å². The number of carbonyl (C=O) groups excluding carboxylic acids is 1. The summed E-state index contributed by atoms with van der Waals surface area (Å²) in [6, 6.07) is 8.79. The highest BCUT2D eigenvalue weighted by Gasteiger charge is 2.40. The van der Waals surface area contributed by atoms with Gasteiger partial charge in [-0.2, -0.15) is 0 Å².